The Morgan fingerprint density at radius 3 is 1.53 bits per heavy atom. The Morgan fingerprint density at radius 2 is 1.07 bits per heavy atom. The van der Waals surface area contributed by atoms with Gasteiger partial charge >= 0.3 is 42.1 Å². The molecule has 9 amide bonds. The molecular weight excluding hydrogens is 1920 g/mol. The first-order chi connectivity index (χ1) is 68.0. The number of H-pyrrole nitrogens is 1. The minimum atomic E-state index is -1.12. The molecule has 800 valence electrons. The molecule has 1 aliphatic heterocycles. The quantitative estimate of drug-likeness (QED) is 0.00439. The number of hydrogen-bond acceptors (Lipinski definition) is 35. The number of aliphatic carboxylic acids is 1. The van der Waals surface area contributed by atoms with E-state index in [9.17, 15) is 67.7 Å². The van der Waals surface area contributed by atoms with Crippen molar-refractivity contribution in [1.29, 1.82) is 0 Å². The number of halogens is 1. The number of urea groups is 1. The highest BCUT2D eigenvalue weighted by molar-refractivity contribution is 8.76. The number of esters is 3. The lowest BCUT2D eigenvalue weighted by atomic mass is 9.95. The number of amides is 9. The number of carbonyl (C=O) groups excluding carboxylic acids is 11. The zero-order chi connectivity index (χ0) is 106. The van der Waals surface area contributed by atoms with Crippen LogP contribution in [0.3, 0.4) is 0 Å². The van der Waals surface area contributed by atoms with Crippen molar-refractivity contribution in [1.82, 2.24) is 36.1 Å². The number of likely N-dealkylation sites (N-methyl/N-ethyl adjacent to an activating group) is 2. The third-order valence-corrected chi connectivity index (χ3v) is 23.8. The summed E-state index contributed by atoms with van der Waals surface area (Å²) in [5, 5.41) is 78.7. The Bertz CT molecular complexity index is 4600. The van der Waals surface area contributed by atoms with Crippen LogP contribution >= 0.6 is 33.2 Å². The third kappa shape index (κ3) is 45.8. The molecule has 4 aromatic carbocycles. The molecule has 44 nitrogen and oxygen atoms in total. The first-order valence-electron chi connectivity index (χ1n) is 46.6. The number of ether oxygens (including phenoxy) is 15. The number of aliphatic hydroxyl groups is 6. The summed E-state index contributed by atoms with van der Waals surface area (Å²) in [6, 6.07) is 15.9. The van der Waals surface area contributed by atoms with E-state index in [-0.39, 0.29) is 203 Å². The molecule has 0 saturated heterocycles. The van der Waals surface area contributed by atoms with Gasteiger partial charge in [0.15, 0.2) is 36.7 Å². The monoisotopic (exact) mass is 2070 g/mol. The topological polar surface area (TPSA) is 597 Å². The average molecular weight is 2070 g/mol. The SMILES string of the molecule is CCC(CO)OC(CO)OC.CCC(CO)OC(COC(=O)CCCC(=O)NCCSSC)OC.CCC(CO)OC(COC(=O)CCCC(=O)N[C@@H](C(=O)N[C@H](CCCNC(N)=O)C(=O)Nc1ccc(COC(=O)N(C)CCN(C)C(=O)Oc2cc3c(c4ccccc24)[C@@H](CCl)CN3C(=O)c2cc3cc(CO)c(OC)c(OC)c3[nH]2)cc1)C(C)C)OC.CCC(CO)OC(COC(=O)CCCC(=O)O)OC. The molecule has 11 atom stereocenters. The zero-order valence-corrected chi connectivity index (χ0v) is 86.1. The zero-order valence-electron chi connectivity index (χ0n) is 83.7. The van der Waals surface area contributed by atoms with E-state index < -0.39 is 109 Å². The van der Waals surface area contributed by atoms with Crippen molar-refractivity contribution in [2.75, 3.05) is 170 Å². The molecule has 15 N–H and O–H groups in total. The molecule has 142 heavy (non-hydrogen) atoms. The minimum Gasteiger partial charge on any atom is -0.492 e. The lowest BCUT2D eigenvalue weighted by Gasteiger charge is -2.25. The minimum absolute atomic E-state index is 0.0378. The van der Waals surface area contributed by atoms with Gasteiger partial charge < -0.3 is 159 Å². The van der Waals surface area contributed by atoms with Gasteiger partial charge in [0.2, 0.25) is 23.6 Å². The van der Waals surface area contributed by atoms with Gasteiger partial charge in [0, 0.05) is 159 Å². The van der Waals surface area contributed by atoms with Crippen LogP contribution in [0, 0.1) is 5.92 Å². The summed E-state index contributed by atoms with van der Waals surface area (Å²) >= 11 is 6.56. The fourth-order valence-corrected chi connectivity index (χ4v) is 14.8. The number of benzene rings is 4. The molecule has 0 aliphatic carbocycles. The predicted octanol–water partition coefficient (Wildman–Crippen LogP) is 7.87. The average Bonchev–Trinajstić information content (AvgIpc) is 1.58. The molecule has 0 bridgehead atoms. The Balaban J connectivity index is 0.000000770. The number of alkyl halides is 1. The number of primary amides is 1. The van der Waals surface area contributed by atoms with Gasteiger partial charge in [-0.2, -0.15) is 0 Å². The fourth-order valence-electron chi connectivity index (χ4n) is 13.4. The van der Waals surface area contributed by atoms with E-state index in [1.165, 1.54) is 66.6 Å². The van der Waals surface area contributed by atoms with Crippen molar-refractivity contribution in [3.63, 3.8) is 0 Å². The second-order valence-corrected chi connectivity index (χ2v) is 35.3. The van der Waals surface area contributed by atoms with Crippen LogP contribution in [-0.4, -0.2) is 344 Å². The lowest BCUT2D eigenvalue weighted by molar-refractivity contribution is -0.194. The molecule has 0 spiro atoms. The van der Waals surface area contributed by atoms with Crippen molar-refractivity contribution in [2.45, 2.75) is 219 Å². The van der Waals surface area contributed by atoms with E-state index in [0.717, 1.165) is 16.7 Å². The van der Waals surface area contributed by atoms with Crippen LogP contribution in [0.25, 0.3) is 21.7 Å². The molecule has 2 heterocycles. The summed E-state index contributed by atoms with van der Waals surface area (Å²) in [5.41, 5.74) is 8.71. The number of carboxylic acid groups (broad SMARTS) is 1. The number of nitrogens with one attached hydrogen (secondary N) is 6. The maximum Gasteiger partial charge on any atom is 0.415 e. The van der Waals surface area contributed by atoms with Crippen LogP contribution in [0.1, 0.15) is 171 Å². The van der Waals surface area contributed by atoms with Crippen molar-refractivity contribution in [3.8, 4) is 17.2 Å². The second kappa shape index (κ2) is 71.3. The van der Waals surface area contributed by atoms with Crippen molar-refractivity contribution in [2.24, 2.45) is 11.7 Å². The van der Waals surface area contributed by atoms with Crippen molar-refractivity contribution in [3.05, 3.63) is 89.1 Å². The number of carboxylic acids is 1. The Hall–Kier alpha value is -10.2. The maximum atomic E-state index is 14.4. The predicted molar refractivity (Wildman–Crippen MR) is 529 cm³/mol. The molecule has 5 aromatic rings. The van der Waals surface area contributed by atoms with Crippen LogP contribution < -0.4 is 51.4 Å². The number of aliphatic hydroxyl groups excluding tert-OH is 6. The number of nitrogens with zero attached hydrogens (tertiary/aromatic N) is 3. The molecule has 6 rings (SSSR count). The number of hydrogen-bond donors (Lipinski definition) is 14. The number of rotatable bonds is 64. The standard InChI is InChI=1S/C61H80ClN9O17.C15H29NO6S2.C12H22O7.C7H16O4/c1-9-41(32-73)87-50(82-6)34-85-49(75)18-12-17-48(74)68-52(35(2)3)57(77)67-44(16-13-23-64-59(63)79)56(76)65-40-21-19-36(20-22-40)33-86-60(80)69(4)24-25-70(5)61(81)88-47-28-46-51(43-15-11-10-14-42(43)47)39(29-62)30-71(46)58(78)45-27-37-26-38(31-72)54(83-7)55(84-8)53(37)66-45;1-4-12(10-17)22-15(20-2)11-21-14(19)7-5-6-13(18)16-8-9-24-23-3;1-3-9(7-13)19-12(17-2)8-18-11(16)6-4-5-10(14)15;1-3-6(4-8)11-7(5-9)10-2/h10-11,14-15,19-22,26-28,35,39,41,44,50,52,66,72-73H,9,12-13,16-18,23-25,29-34H2,1-8H3,(H,65,76)(H,67,77)(H,68,74)(H3,63,64,79);12,15,17H,4-11H2,1-3H3,(H,16,18);9,12-13H,3-8H2,1-2H3,(H,14,15);6-9H,3-5H2,1-2H3/t39-,41?,44+,50?,52+;;;/m0.../s1. The van der Waals surface area contributed by atoms with Crippen molar-refractivity contribution < 1.29 is 164 Å². The number of anilines is 2. The first-order valence-corrected chi connectivity index (χ1v) is 49.9. The molecule has 0 saturated carbocycles. The number of aromatic nitrogens is 1. The van der Waals surface area contributed by atoms with Gasteiger partial charge in [-0.3, -0.25) is 43.2 Å². The first kappa shape index (κ1) is 126. The van der Waals surface area contributed by atoms with E-state index in [4.69, 9.17) is 114 Å². The summed E-state index contributed by atoms with van der Waals surface area (Å²) in [5.74, 6) is -3.35. The summed E-state index contributed by atoms with van der Waals surface area (Å²) in [6.45, 7) is 10.5. The summed E-state index contributed by atoms with van der Waals surface area (Å²) in [4.78, 5) is 158. The fraction of sp³-hybridized carbons (Fsp3) is 0.621. The highest BCUT2D eigenvalue weighted by Crippen LogP contribution is 2.47. The van der Waals surface area contributed by atoms with Gasteiger partial charge in [-0.05, 0) is 111 Å². The smallest absolute Gasteiger partial charge is 0.415 e. The largest absolute Gasteiger partial charge is 0.492 e. The molecule has 47 heteroatoms. The van der Waals surface area contributed by atoms with Gasteiger partial charge in [-0.25, -0.2) is 14.4 Å². The van der Waals surface area contributed by atoms with E-state index in [2.05, 4.69) is 31.6 Å². The van der Waals surface area contributed by atoms with Gasteiger partial charge in [0.05, 0.1) is 89.5 Å². The molecule has 1 aliphatic rings. The van der Waals surface area contributed by atoms with Gasteiger partial charge in [-0.15, -0.1) is 11.6 Å². The second-order valence-electron chi connectivity index (χ2n) is 32.3. The Labute approximate surface area is 841 Å². The maximum absolute atomic E-state index is 14.4. The van der Waals surface area contributed by atoms with E-state index in [1.54, 1.807) is 82.8 Å². The van der Waals surface area contributed by atoms with Crippen LogP contribution in [0.15, 0.2) is 66.7 Å². The molecule has 1 aromatic heterocycles. The molecule has 0 fully saturated rings. The molecule has 0 radical (unpaired) electrons. The van der Waals surface area contributed by atoms with Gasteiger partial charge in [0.1, 0.15) is 50.0 Å². The van der Waals surface area contributed by atoms with E-state index >= 15 is 0 Å². The van der Waals surface area contributed by atoms with Crippen molar-refractivity contribution >= 4 is 138 Å². The number of fused-ring (bicyclic) bond motifs is 4. The lowest BCUT2D eigenvalue weighted by Crippen LogP contribution is -2.54. The summed E-state index contributed by atoms with van der Waals surface area (Å²) in [7, 11) is 15.0. The third-order valence-electron chi connectivity index (χ3n) is 21.6. The van der Waals surface area contributed by atoms with Gasteiger partial charge in [-0.1, -0.05) is 99.5 Å². The van der Waals surface area contributed by atoms with E-state index in [0.29, 0.717) is 95.4 Å². The van der Waals surface area contributed by atoms with E-state index in [1.807, 2.05) is 58.2 Å². The summed E-state index contributed by atoms with van der Waals surface area (Å²) < 4.78 is 79.3. The highest BCUT2D eigenvalue weighted by atomic mass is 35.5. The number of carbonyl (C=O) groups is 12. The summed E-state index contributed by atoms with van der Waals surface area (Å²) in [6.07, 6.45) is -0.000629. The highest BCUT2D eigenvalue weighted by Gasteiger charge is 2.38. The van der Waals surface area contributed by atoms with Crippen LogP contribution in [-0.2, 0) is 108 Å². The van der Waals surface area contributed by atoms with Crippen LogP contribution in [0.5, 0.6) is 17.2 Å². The Morgan fingerprint density at radius 1 is 0.570 bits per heavy atom. The number of aromatic amines is 1. The van der Waals surface area contributed by atoms with Crippen LogP contribution in [0.2, 0.25) is 0 Å². The number of methoxy groups -OCH3 is 6. The normalized spacial score (nSPS) is 14.1. The van der Waals surface area contributed by atoms with Gasteiger partial charge in [0.25, 0.3) is 5.91 Å². The van der Waals surface area contributed by atoms with Crippen LogP contribution in [0.4, 0.5) is 25.8 Å². The molecular formula is C95H147ClN10O34S2. The Kier molecular flexibility index (Phi) is 63.2. The molecule has 8 unspecified atom stereocenters. The number of nitrogens with two attached hydrogens (primary N) is 1.